The predicted octanol–water partition coefficient (Wildman–Crippen LogP) is 3.32. The fraction of sp³-hybridized carbons (Fsp3) is 0.379. The van der Waals surface area contributed by atoms with Crippen molar-refractivity contribution in [2.24, 2.45) is 5.92 Å². The molecule has 3 atom stereocenters. The molecule has 2 aromatic rings. The summed E-state index contributed by atoms with van der Waals surface area (Å²) < 4.78 is 0. The number of aryl methyl sites for hydroxylation is 1. The number of aliphatic hydroxyl groups is 1. The highest BCUT2D eigenvalue weighted by atomic mass is 16.3. The van der Waals surface area contributed by atoms with Gasteiger partial charge in [0, 0.05) is 12.6 Å². The van der Waals surface area contributed by atoms with E-state index in [4.69, 9.17) is 5.26 Å². The maximum Gasteiger partial charge on any atom is 0.325 e. The minimum atomic E-state index is -1.23. The molecular weight excluding hydrogens is 468 g/mol. The number of nitriles is 1. The number of hydrogen-bond donors (Lipinski definition) is 2. The van der Waals surface area contributed by atoms with Crippen LogP contribution >= 0.6 is 0 Å². The van der Waals surface area contributed by atoms with Crippen molar-refractivity contribution in [3.8, 4) is 6.07 Å². The number of hydrogen-bond acceptors (Lipinski definition) is 5. The van der Waals surface area contributed by atoms with Crippen LogP contribution in [0.5, 0.6) is 0 Å². The van der Waals surface area contributed by atoms with Crippen LogP contribution in [0.2, 0.25) is 0 Å². The van der Waals surface area contributed by atoms with Gasteiger partial charge >= 0.3 is 6.03 Å². The van der Waals surface area contributed by atoms with Crippen LogP contribution in [0.4, 0.5) is 4.79 Å². The molecule has 2 aromatic carbocycles. The molecule has 4 amide bonds. The van der Waals surface area contributed by atoms with Crippen molar-refractivity contribution in [2.45, 2.75) is 56.8 Å². The number of aliphatic hydroxyl groups excluding tert-OH is 1. The quantitative estimate of drug-likeness (QED) is 0.428. The largest absolute Gasteiger partial charge is 0.383 e. The van der Waals surface area contributed by atoms with Gasteiger partial charge in [0.15, 0.2) is 0 Å². The van der Waals surface area contributed by atoms with Gasteiger partial charge in [-0.05, 0) is 60.8 Å². The third kappa shape index (κ3) is 4.40. The van der Waals surface area contributed by atoms with E-state index in [9.17, 15) is 19.5 Å². The first-order chi connectivity index (χ1) is 17.7. The molecule has 0 radical (unpaired) electrons. The maximum atomic E-state index is 13.7. The zero-order valence-corrected chi connectivity index (χ0v) is 20.8. The molecule has 1 aliphatic heterocycles. The molecule has 8 nitrogen and oxygen atoms in total. The van der Waals surface area contributed by atoms with Gasteiger partial charge in [0.2, 0.25) is 5.91 Å². The Morgan fingerprint density at radius 3 is 2.68 bits per heavy atom. The predicted molar refractivity (Wildman–Crippen MR) is 136 cm³/mol. The first kappa shape index (κ1) is 24.7. The van der Waals surface area contributed by atoms with Crippen LogP contribution in [0.1, 0.15) is 54.5 Å². The van der Waals surface area contributed by atoms with Crippen LogP contribution in [-0.2, 0) is 28.1 Å². The molecule has 1 spiro atoms. The minimum Gasteiger partial charge on any atom is -0.383 e. The number of rotatable bonds is 8. The number of fused-ring (bicyclic) bond motifs is 2. The number of nitrogens with one attached hydrogen (secondary N) is 1. The molecule has 8 heteroatoms. The van der Waals surface area contributed by atoms with Gasteiger partial charge in [-0.15, -0.1) is 0 Å². The van der Waals surface area contributed by atoms with Gasteiger partial charge in [0.25, 0.3) is 5.91 Å². The molecule has 37 heavy (non-hydrogen) atoms. The summed E-state index contributed by atoms with van der Waals surface area (Å²) in [6.45, 7) is 5.72. The van der Waals surface area contributed by atoms with Crippen LogP contribution in [0.15, 0.2) is 60.7 Å². The molecule has 5 rings (SSSR count). The third-order valence-electron chi connectivity index (χ3n) is 7.93. The number of benzene rings is 2. The minimum absolute atomic E-state index is 0.0163. The third-order valence-corrected chi connectivity index (χ3v) is 7.93. The number of amides is 4. The molecule has 3 aliphatic rings. The molecule has 1 saturated heterocycles. The van der Waals surface area contributed by atoms with Gasteiger partial charge in [0.1, 0.15) is 18.2 Å². The van der Waals surface area contributed by atoms with Crippen LogP contribution < -0.4 is 5.32 Å². The summed E-state index contributed by atoms with van der Waals surface area (Å²) in [5.74, 6) is -0.251. The van der Waals surface area contributed by atoms with E-state index in [1.165, 1.54) is 0 Å². The Labute approximate surface area is 216 Å². The number of nitrogens with zero attached hydrogens (tertiary/aromatic N) is 3. The lowest BCUT2D eigenvalue weighted by atomic mass is 9.90. The highest BCUT2D eigenvalue weighted by Gasteiger charge is 2.56. The summed E-state index contributed by atoms with van der Waals surface area (Å²) in [6, 6.07) is 16.1. The topological polar surface area (TPSA) is 114 Å². The summed E-state index contributed by atoms with van der Waals surface area (Å²) in [7, 11) is 0. The molecular formula is C29H30N4O4. The highest BCUT2D eigenvalue weighted by Crippen LogP contribution is 2.43. The van der Waals surface area contributed by atoms with Crippen molar-refractivity contribution in [3.05, 3.63) is 82.9 Å². The maximum absolute atomic E-state index is 13.7. The first-order valence-electron chi connectivity index (χ1n) is 12.6. The van der Waals surface area contributed by atoms with Crippen molar-refractivity contribution in [1.82, 2.24) is 15.1 Å². The molecule has 2 N–H and O–H groups in total. The van der Waals surface area contributed by atoms with Crippen LogP contribution in [0.3, 0.4) is 0 Å². The van der Waals surface area contributed by atoms with E-state index in [1.807, 2.05) is 43.3 Å². The average Bonchev–Trinajstić information content (AvgIpc) is 3.67. The van der Waals surface area contributed by atoms with Gasteiger partial charge in [-0.2, -0.15) is 5.26 Å². The Bertz CT molecular complexity index is 1310. The monoisotopic (exact) mass is 498 g/mol. The van der Waals surface area contributed by atoms with E-state index < -0.39 is 23.6 Å². The second-order valence-corrected chi connectivity index (χ2v) is 10.3. The Balaban J connectivity index is 1.36. The summed E-state index contributed by atoms with van der Waals surface area (Å²) in [4.78, 5) is 43.0. The molecule has 2 aliphatic carbocycles. The van der Waals surface area contributed by atoms with Crippen LogP contribution in [0.25, 0.3) is 0 Å². The second kappa shape index (κ2) is 9.49. The lowest BCUT2D eigenvalue weighted by Gasteiger charge is -2.31. The average molecular weight is 499 g/mol. The molecule has 1 saturated carbocycles. The van der Waals surface area contributed by atoms with Gasteiger partial charge in [-0.25, -0.2) is 4.79 Å². The molecule has 0 aromatic heterocycles. The Morgan fingerprint density at radius 2 is 2.00 bits per heavy atom. The van der Waals surface area contributed by atoms with Crippen molar-refractivity contribution >= 4 is 17.8 Å². The zero-order chi connectivity index (χ0) is 26.3. The normalized spacial score (nSPS) is 21.8. The van der Waals surface area contributed by atoms with E-state index >= 15 is 0 Å². The van der Waals surface area contributed by atoms with Crippen molar-refractivity contribution in [3.63, 3.8) is 0 Å². The van der Waals surface area contributed by atoms with Crippen molar-refractivity contribution in [1.29, 1.82) is 5.26 Å². The standard InChI is InChI=1S/C29H30N4O4/c1-18(15-30)26(35)23-10-11-24-22(14-23)12-13-29(24)27(36)33(28(37)31-29)17-25(34)32(19(2)21-8-9-21)16-20-6-4-3-5-7-20/h3-7,10-11,14,19,21,26,35H,1,8-9,12-13,16-17H2,2H3,(H,31,37)/t19-,26?,29?/m0/s1. The van der Waals surface area contributed by atoms with E-state index in [2.05, 4.69) is 11.9 Å². The lowest BCUT2D eigenvalue weighted by Crippen LogP contribution is -2.47. The Hall–Kier alpha value is -3.96. The fourth-order valence-electron chi connectivity index (χ4n) is 5.55. The first-order valence-corrected chi connectivity index (χ1v) is 12.6. The summed E-state index contributed by atoms with van der Waals surface area (Å²) in [5, 5.41) is 22.3. The number of imide groups is 1. The Kier molecular flexibility index (Phi) is 6.34. The van der Waals surface area contributed by atoms with Crippen molar-refractivity contribution < 1.29 is 19.5 Å². The summed E-state index contributed by atoms with van der Waals surface area (Å²) in [5.41, 5.74) is 1.79. The van der Waals surface area contributed by atoms with Crippen LogP contribution in [0, 0.1) is 17.2 Å². The molecule has 1 heterocycles. The number of carbonyl (C=O) groups is 3. The Morgan fingerprint density at radius 1 is 1.27 bits per heavy atom. The van der Waals surface area contributed by atoms with Crippen molar-refractivity contribution in [2.75, 3.05) is 6.54 Å². The van der Waals surface area contributed by atoms with Gasteiger partial charge in [0.05, 0.1) is 11.6 Å². The summed E-state index contributed by atoms with van der Waals surface area (Å²) in [6.07, 6.45) is 1.89. The van der Waals surface area contributed by atoms with Crippen LogP contribution in [-0.4, -0.2) is 45.3 Å². The van der Waals surface area contributed by atoms with Gasteiger partial charge in [-0.3, -0.25) is 14.5 Å². The lowest BCUT2D eigenvalue weighted by molar-refractivity contribution is -0.141. The van der Waals surface area contributed by atoms with E-state index in [0.717, 1.165) is 28.9 Å². The summed E-state index contributed by atoms with van der Waals surface area (Å²) >= 11 is 0. The molecule has 0 bridgehead atoms. The second-order valence-electron chi connectivity index (χ2n) is 10.3. The number of urea groups is 1. The smallest absolute Gasteiger partial charge is 0.325 e. The van der Waals surface area contributed by atoms with Gasteiger partial charge < -0.3 is 15.3 Å². The zero-order valence-electron chi connectivity index (χ0n) is 20.8. The SMILES string of the molecule is C=C(C#N)C(O)c1ccc2c(c1)CCC21NC(=O)N(CC(=O)N(Cc2ccccc2)[C@@H](C)C2CC2)C1=O. The molecule has 2 unspecified atom stereocenters. The molecule has 2 fully saturated rings. The molecule has 190 valence electrons. The van der Waals surface area contributed by atoms with E-state index in [1.54, 1.807) is 23.1 Å². The highest BCUT2D eigenvalue weighted by molar-refractivity contribution is 6.10. The fourth-order valence-corrected chi connectivity index (χ4v) is 5.55. The van der Waals surface area contributed by atoms with E-state index in [0.29, 0.717) is 36.4 Å². The van der Waals surface area contributed by atoms with E-state index in [-0.39, 0.29) is 24.1 Å². The number of carbonyl (C=O) groups excluding carboxylic acids is 3. The van der Waals surface area contributed by atoms with Gasteiger partial charge in [-0.1, -0.05) is 55.1 Å².